The minimum Gasteiger partial charge on any atom is -0.339 e. The van der Waals surface area contributed by atoms with Crippen molar-refractivity contribution in [1.29, 1.82) is 0 Å². The van der Waals surface area contributed by atoms with E-state index in [1.54, 1.807) is 11.3 Å². The summed E-state index contributed by atoms with van der Waals surface area (Å²) in [5.41, 5.74) is 2.24. The first-order valence-electron chi connectivity index (χ1n) is 8.62. The SMILES string of the molecule is C=CC(=O)N1CCC[C@H](Cc2cc(C)cc(Nc3ncc(C)s3)n2)C1. The summed E-state index contributed by atoms with van der Waals surface area (Å²) in [6, 6.07) is 4.17. The van der Waals surface area contributed by atoms with E-state index in [4.69, 9.17) is 4.98 Å². The van der Waals surface area contributed by atoms with E-state index >= 15 is 0 Å². The molecule has 1 atom stereocenters. The van der Waals surface area contributed by atoms with Gasteiger partial charge < -0.3 is 10.2 Å². The first-order chi connectivity index (χ1) is 12.0. The predicted octanol–water partition coefficient (Wildman–Crippen LogP) is 3.87. The van der Waals surface area contributed by atoms with Crippen molar-refractivity contribution in [3.05, 3.63) is 47.1 Å². The van der Waals surface area contributed by atoms with E-state index in [9.17, 15) is 4.79 Å². The standard InChI is InChI=1S/C19H24N4OS/c1-4-18(24)23-7-5-6-15(12-23)10-16-8-13(2)9-17(21-16)22-19-20-11-14(3)25-19/h4,8-9,11,15H,1,5-7,10,12H2,2-3H3,(H,20,21,22)/t15-/m1/s1. The van der Waals surface area contributed by atoms with Crippen LogP contribution in [0.2, 0.25) is 0 Å². The number of carbonyl (C=O) groups is 1. The van der Waals surface area contributed by atoms with E-state index in [0.29, 0.717) is 5.92 Å². The number of hydrogen-bond acceptors (Lipinski definition) is 5. The van der Waals surface area contributed by atoms with Crippen LogP contribution in [0.3, 0.4) is 0 Å². The Labute approximate surface area is 152 Å². The monoisotopic (exact) mass is 356 g/mol. The third-order valence-corrected chi connectivity index (χ3v) is 5.21. The smallest absolute Gasteiger partial charge is 0.245 e. The molecular weight excluding hydrogens is 332 g/mol. The number of aromatic nitrogens is 2. The Morgan fingerprint density at radius 3 is 3.04 bits per heavy atom. The molecule has 25 heavy (non-hydrogen) atoms. The molecule has 0 saturated carbocycles. The fourth-order valence-electron chi connectivity index (χ4n) is 3.29. The maximum atomic E-state index is 11.9. The molecule has 0 spiro atoms. The van der Waals surface area contributed by atoms with Gasteiger partial charge in [-0.1, -0.05) is 6.58 Å². The summed E-state index contributed by atoms with van der Waals surface area (Å²) < 4.78 is 0. The van der Waals surface area contributed by atoms with Gasteiger partial charge in [0.25, 0.3) is 0 Å². The van der Waals surface area contributed by atoms with Gasteiger partial charge in [-0.05, 0) is 62.8 Å². The molecule has 2 aromatic rings. The summed E-state index contributed by atoms with van der Waals surface area (Å²) in [7, 11) is 0. The third-order valence-electron chi connectivity index (χ3n) is 4.38. The molecule has 0 bridgehead atoms. The fourth-order valence-corrected chi connectivity index (χ4v) is 3.96. The molecule has 1 aliphatic rings. The number of nitrogens with zero attached hydrogens (tertiary/aromatic N) is 3. The lowest BCUT2D eigenvalue weighted by Gasteiger charge is -2.32. The number of anilines is 2. The van der Waals surface area contributed by atoms with Gasteiger partial charge in [0, 0.05) is 29.9 Å². The number of rotatable bonds is 5. The maximum absolute atomic E-state index is 11.9. The minimum absolute atomic E-state index is 0.0309. The zero-order valence-electron chi connectivity index (χ0n) is 14.8. The molecule has 132 valence electrons. The number of pyridine rings is 1. The van der Waals surface area contributed by atoms with Crippen LogP contribution < -0.4 is 5.32 Å². The number of amides is 1. The van der Waals surface area contributed by atoms with Gasteiger partial charge in [-0.3, -0.25) is 4.79 Å². The molecule has 2 aromatic heterocycles. The topological polar surface area (TPSA) is 58.1 Å². The van der Waals surface area contributed by atoms with Crippen molar-refractivity contribution in [1.82, 2.24) is 14.9 Å². The molecule has 0 radical (unpaired) electrons. The van der Waals surface area contributed by atoms with Gasteiger partial charge in [-0.15, -0.1) is 11.3 Å². The van der Waals surface area contributed by atoms with Gasteiger partial charge >= 0.3 is 0 Å². The van der Waals surface area contributed by atoms with E-state index in [1.807, 2.05) is 24.1 Å². The van der Waals surface area contributed by atoms with Gasteiger partial charge in [0.15, 0.2) is 5.13 Å². The Hall–Kier alpha value is -2.21. The van der Waals surface area contributed by atoms with Crippen molar-refractivity contribution in [2.45, 2.75) is 33.1 Å². The maximum Gasteiger partial charge on any atom is 0.245 e. The molecule has 0 aromatic carbocycles. The van der Waals surface area contributed by atoms with E-state index < -0.39 is 0 Å². The summed E-state index contributed by atoms with van der Waals surface area (Å²) in [4.78, 5) is 24.0. The summed E-state index contributed by atoms with van der Waals surface area (Å²) in [6.07, 6.45) is 6.32. The summed E-state index contributed by atoms with van der Waals surface area (Å²) >= 11 is 1.62. The minimum atomic E-state index is 0.0309. The Kier molecular flexibility index (Phi) is 5.48. The number of piperidine rings is 1. The van der Waals surface area contributed by atoms with E-state index in [-0.39, 0.29) is 5.91 Å². The van der Waals surface area contributed by atoms with Crippen LogP contribution in [0.5, 0.6) is 0 Å². The zero-order chi connectivity index (χ0) is 17.8. The zero-order valence-corrected chi connectivity index (χ0v) is 15.6. The highest BCUT2D eigenvalue weighted by Crippen LogP contribution is 2.24. The quantitative estimate of drug-likeness (QED) is 0.827. The molecule has 1 amide bonds. The van der Waals surface area contributed by atoms with Crippen molar-refractivity contribution in [3.8, 4) is 0 Å². The molecular formula is C19H24N4OS. The van der Waals surface area contributed by atoms with E-state index in [0.717, 1.165) is 49.0 Å². The molecule has 3 heterocycles. The molecule has 5 nitrogen and oxygen atoms in total. The molecule has 0 unspecified atom stereocenters. The number of likely N-dealkylation sites (tertiary alicyclic amines) is 1. The average Bonchev–Trinajstić information content (AvgIpc) is 2.98. The lowest BCUT2D eigenvalue weighted by molar-refractivity contribution is -0.127. The highest BCUT2D eigenvalue weighted by atomic mass is 32.1. The van der Waals surface area contributed by atoms with Crippen LogP contribution in [0.25, 0.3) is 0 Å². The van der Waals surface area contributed by atoms with Gasteiger partial charge in [-0.2, -0.15) is 0 Å². The Balaban J connectivity index is 1.69. The number of hydrogen-bond donors (Lipinski definition) is 1. The van der Waals surface area contributed by atoms with E-state index in [2.05, 4.69) is 29.9 Å². The molecule has 1 saturated heterocycles. The normalized spacial score (nSPS) is 17.4. The van der Waals surface area contributed by atoms with Crippen LogP contribution in [0.1, 0.15) is 29.0 Å². The summed E-state index contributed by atoms with van der Waals surface area (Å²) in [5, 5.41) is 4.16. The highest BCUT2D eigenvalue weighted by molar-refractivity contribution is 7.15. The average molecular weight is 356 g/mol. The molecule has 0 aliphatic carbocycles. The molecule has 1 aliphatic heterocycles. The Bertz CT molecular complexity index is 771. The lowest BCUT2D eigenvalue weighted by Crippen LogP contribution is -2.39. The van der Waals surface area contributed by atoms with Gasteiger partial charge in [-0.25, -0.2) is 9.97 Å². The molecule has 1 N–H and O–H groups in total. The second kappa shape index (κ2) is 7.78. The van der Waals surface area contributed by atoms with Crippen molar-refractivity contribution in [3.63, 3.8) is 0 Å². The van der Waals surface area contributed by atoms with Crippen LogP contribution in [0, 0.1) is 19.8 Å². The number of carbonyl (C=O) groups excluding carboxylic acids is 1. The van der Waals surface area contributed by atoms with E-state index in [1.165, 1.54) is 16.5 Å². The van der Waals surface area contributed by atoms with Crippen LogP contribution in [0.15, 0.2) is 31.0 Å². The molecule has 1 fully saturated rings. The second-order valence-corrected chi connectivity index (χ2v) is 7.86. The lowest BCUT2D eigenvalue weighted by atomic mass is 9.92. The number of aryl methyl sites for hydroxylation is 2. The Morgan fingerprint density at radius 2 is 2.32 bits per heavy atom. The van der Waals surface area contributed by atoms with Crippen LogP contribution in [0.4, 0.5) is 10.9 Å². The molecule has 3 rings (SSSR count). The van der Waals surface area contributed by atoms with Crippen molar-refractivity contribution >= 4 is 28.2 Å². The van der Waals surface area contributed by atoms with Crippen LogP contribution in [-0.2, 0) is 11.2 Å². The van der Waals surface area contributed by atoms with Crippen LogP contribution in [-0.4, -0.2) is 33.9 Å². The third kappa shape index (κ3) is 4.66. The summed E-state index contributed by atoms with van der Waals surface area (Å²) in [6.45, 7) is 9.33. The first kappa shape index (κ1) is 17.6. The van der Waals surface area contributed by atoms with Crippen molar-refractivity contribution in [2.24, 2.45) is 5.92 Å². The first-order valence-corrected chi connectivity index (χ1v) is 9.43. The van der Waals surface area contributed by atoms with Gasteiger partial charge in [0.2, 0.25) is 5.91 Å². The summed E-state index contributed by atoms with van der Waals surface area (Å²) in [5.74, 6) is 1.31. The predicted molar refractivity (Wildman–Crippen MR) is 102 cm³/mol. The largest absolute Gasteiger partial charge is 0.339 e. The van der Waals surface area contributed by atoms with Gasteiger partial charge in [0.1, 0.15) is 5.82 Å². The second-order valence-electron chi connectivity index (χ2n) is 6.62. The highest BCUT2D eigenvalue weighted by Gasteiger charge is 2.23. The van der Waals surface area contributed by atoms with Crippen molar-refractivity contribution in [2.75, 3.05) is 18.4 Å². The number of nitrogens with one attached hydrogen (secondary N) is 1. The fraction of sp³-hybridized carbons (Fsp3) is 0.421. The molecule has 6 heteroatoms. The number of thiazole rings is 1. The van der Waals surface area contributed by atoms with Crippen molar-refractivity contribution < 1.29 is 4.79 Å². The Morgan fingerprint density at radius 1 is 1.48 bits per heavy atom. The van der Waals surface area contributed by atoms with Gasteiger partial charge in [0.05, 0.1) is 0 Å². The van der Waals surface area contributed by atoms with Crippen LogP contribution >= 0.6 is 11.3 Å².